The molecule has 0 aliphatic carbocycles. The van der Waals surface area contributed by atoms with E-state index in [0.29, 0.717) is 11.8 Å². The maximum absolute atomic E-state index is 5.28. The Balaban J connectivity index is 1.69. The molecule has 1 N–H and O–H groups in total. The normalized spacial score (nSPS) is 25.5. The van der Waals surface area contributed by atoms with Crippen LogP contribution in [0.4, 0.5) is 0 Å². The Bertz CT molecular complexity index is 342. The van der Waals surface area contributed by atoms with Gasteiger partial charge >= 0.3 is 0 Å². The summed E-state index contributed by atoms with van der Waals surface area (Å²) in [4.78, 5) is 9.45. The fourth-order valence-electron chi connectivity index (χ4n) is 3.64. The molecular formula is C17H34N4O. The maximum atomic E-state index is 5.28. The lowest BCUT2D eigenvalue weighted by Crippen LogP contribution is -2.44. The average Bonchev–Trinajstić information content (AvgIpc) is 2.98. The van der Waals surface area contributed by atoms with Crippen molar-refractivity contribution < 1.29 is 4.74 Å². The molecule has 2 fully saturated rings. The molecule has 0 amide bonds. The standard InChI is InChI=1S/C17H34N4O/c1-15(12-20-8-5-4-6-9-20)11-19-17(18-2)21-10-7-16(13-21)14-22-3/h15-16H,4-14H2,1-3H3,(H,18,19). The number of nitrogens with zero attached hydrogens (tertiary/aromatic N) is 3. The minimum Gasteiger partial charge on any atom is -0.384 e. The van der Waals surface area contributed by atoms with Crippen LogP contribution in [0.3, 0.4) is 0 Å². The van der Waals surface area contributed by atoms with Gasteiger partial charge in [-0.3, -0.25) is 4.99 Å². The van der Waals surface area contributed by atoms with Crippen molar-refractivity contribution in [2.75, 3.05) is 60.0 Å². The Morgan fingerprint density at radius 3 is 2.73 bits per heavy atom. The molecule has 0 saturated carbocycles. The zero-order valence-corrected chi connectivity index (χ0v) is 14.7. The first-order valence-electron chi connectivity index (χ1n) is 8.89. The van der Waals surface area contributed by atoms with E-state index in [2.05, 4.69) is 27.0 Å². The highest BCUT2D eigenvalue weighted by atomic mass is 16.5. The lowest BCUT2D eigenvalue weighted by Gasteiger charge is -2.30. The number of methoxy groups -OCH3 is 1. The van der Waals surface area contributed by atoms with Crippen LogP contribution in [0.1, 0.15) is 32.6 Å². The summed E-state index contributed by atoms with van der Waals surface area (Å²) in [6.45, 7) is 10.1. The smallest absolute Gasteiger partial charge is 0.193 e. The number of ether oxygens (including phenoxy) is 1. The highest BCUT2D eigenvalue weighted by molar-refractivity contribution is 5.80. The van der Waals surface area contributed by atoms with Gasteiger partial charge in [0.2, 0.25) is 0 Å². The number of hydrogen-bond acceptors (Lipinski definition) is 3. The third-order valence-corrected chi connectivity index (χ3v) is 4.83. The number of nitrogens with one attached hydrogen (secondary N) is 1. The van der Waals surface area contributed by atoms with E-state index in [0.717, 1.165) is 32.2 Å². The molecule has 0 aromatic rings. The van der Waals surface area contributed by atoms with Gasteiger partial charge in [-0.15, -0.1) is 0 Å². The van der Waals surface area contributed by atoms with Crippen molar-refractivity contribution in [2.24, 2.45) is 16.8 Å². The van der Waals surface area contributed by atoms with Gasteiger partial charge in [-0.25, -0.2) is 0 Å². The molecule has 2 saturated heterocycles. The molecule has 2 atom stereocenters. The van der Waals surface area contributed by atoms with Gasteiger partial charge in [0.05, 0.1) is 6.61 Å². The van der Waals surface area contributed by atoms with Crippen LogP contribution in [0, 0.1) is 11.8 Å². The Labute approximate surface area is 136 Å². The highest BCUT2D eigenvalue weighted by Gasteiger charge is 2.25. The van der Waals surface area contributed by atoms with Crippen LogP contribution < -0.4 is 5.32 Å². The summed E-state index contributed by atoms with van der Waals surface area (Å²) in [6, 6.07) is 0. The molecule has 0 radical (unpaired) electrons. The van der Waals surface area contributed by atoms with Crippen molar-refractivity contribution in [3.63, 3.8) is 0 Å². The van der Waals surface area contributed by atoms with Crippen molar-refractivity contribution in [1.82, 2.24) is 15.1 Å². The number of rotatable bonds is 6. The van der Waals surface area contributed by atoms with Crippen molar-refractivity contribution in [3.05, 3.63) is 0 Å². The maximum Gasteiger partial charge on any atom is 0.193 e. The Kier molecular flexibility index (Phi) is 7.46. The van der Waals surface area contributed by atoms with E-state index in [4.69, 9.17) is 4.74 Å². The molecule has 2 unspecified atom stereocenters. The predicted molar refractivity (Wildman–Crippen MR) is 92.4 cm³/mol. The van der Waals surface area contributed by atoms with Gasteiger partial charge in [0.25, 0.3) is 0 Å². The summed E-state index contributed by atoms with van der Waals surface area (Å²) >= 11 is 0. The van der Waals surface area contributed by atoms with Gasteiger partial charge < -0.3 is 19.9 Å². The molecule has 0 aromatic heterocycles. The fourth-order valence-corrected chi connectivity index (χ4v) is 3.64. The molecule has 2 rings (SSSR count). The second-order valence-corrected chi connectivity index (χ2v) is 6.95. The van der Waals surface area contributed by atoms with Crippen LogP contribution in [-0.2, 0) is 4.74 Å². The third-order valence-electron chi connectivity index (χ3n) is 4.83. The summed E-state index contributed by atoms with van der Waals surface area (Å²) in [7, 11) is 3.68. The van der Waals surface area contributed by atoms with Crippen molar-refractivity contribution in [1.29, 1.82) is 0 Å². The molecule has 0 spiro atoms. The molecule has 128 valence electrons. The Hall–Kier alpha value is -0.810. The highest BCUT2D eigenvalue weighted by Crippen LogP contribution is 2.16. The van der Waals surface area contributed by atoms with E-state index >= 15 is 0 Å². The minimum atomic E-state index is 0.648. The molecule has 22 heavy (non-hydrogen) atoms. The SMILES string of the molecule is CN=C(NCC(C)CN1CCCCC1)N1CCC(COC)C1. The van der Waals surface area contributed by atoms with Crippen LogP contribution in [0.2, 0.25) is 0 Å². The molecular weight excluding hydrogens is 276 g/mol. The van der Waals surface area contributed by atoms with Crippen molar-refractivity contribution >= 4 is 5.96 Å². The quantitative estimate of drug-likeness (QED) is 0.598. The van der Waals surface area contributed by atoms with Crippen LogP contribution in [0.15, 0.2) is 4.99 Å². The topological polar surface area (TPSA) is 40.1 Å². The molecule has 5 nitrogen and oxygen atoms in total. The largest absolute Gasteiger partial charge is 0.384 e. The molecule has 2 aliphatic heterocycles. The van der Waals surface area contributed by atoms with E-state index in [1.807, 2.05) is 7.05 Å². The first-order chi connectivity index (χ1) is 10.7. The van der Waals surface area contributed by atoms with Crippen molar-refractivity contribution in [3.8, 4) is 0 Å². The van der Waals surface area contributed by atoms with E-state index in [1.54, 1.807) is 7.11 Å². The number of guanidine groups is 1. The first-order valence-corrected chi connectivity index (χ1v) is 8.89. The summed E-state index contributed by atoms with van der Waals surface area (Å²) in [5.74, 6) is 2.37. The molecule has 0 bridgehead atoms. The molecule has 0 aromatic carbocycles. The lowest BCUT2D eigenvalue weighted by atomic mass is 10.1. The van der Waals surface area contributed by atoms with Crippen LogP contribution in [0.5, 0.6) is 0 Å². The Morgan fingerprint density at radius 2 is 2.05 bits per heavy atom. The summed E-state index contributed by atoms with van der Waals surface area (Å²) in [6.07, 6.45) is 5.36. The second kappa shape index (κ2) is 9.36. The number of likely N-dealkylation sites (tertiary alicyclic amines) is 2. The summed E-state index contributed by atoms with van der Waals surface area (Å²) in [5.41, 5.74) is 0. The molecule has 5 heteroatoms. The zero-order valence-electron chi connectivity index (χ0n) is 14.7. The van der Waals surface area contributed by atoms with Gasteiger partial charge in [-0.2, -0.15) is 0 Å². The lowest BCUT2D eigenvalue weighted by molar-refractivity contribution is 0.157. The Morgan fingerprint density at radius 1 is 1.27 bits per heavy atom. The average molecular weight is 310 g/mol. The number of piperidine rings is 1. The van der Waals surface area contributed by atoms with Gasteiger partial charge in [0, 0.05) is 46.3 Å². The minimum absolute atomic E-state index is 0.648. The number of hydrogen-bond donors (Lipinski definition) is 1. The van der Waals surface area contributed by atoms with Crippen LogP contribution in [-0.4, -0.2) is 75.8 Å². The first kappa shape index (κ1) is 17.5. The van der Waals surface area contributed by atoms with E-state index < -0.39 is 0 Å². The monoisotopic (exact) mass is 310 g/mol. The van der Waals surface area contributed by atoms with E-state index in [-0.39, 0.29) is 0 Å². The zero-order chi connectivity index (χ0) is 15.8. The van der Waals surface area contributed by atoms with Crippen LogP contribution >= 0.6 is 0 Å². The third kappa shape index (κ3) is 5.43. The van der Waals surface area contributed by atoms with Gasteiger partial charge in [0.1, 0.15) is 0 Å². The fraction of sp³-hybridized carbons (Fsp3) is 0.941. The molecule has 2 aliphatic rings. The van der Waals surface area contributed by atoms with Crippen molar-refractivity contribution in [2.45, 2.75) is 32.6 Å². The molecule has 2 heterocycles. The van der Waals surface area contributed by atoms with Gasteiger partial charge in [-0.1, -0.05) is 13.3 Å². The summed E-state index contributed by atoms with van der Waals surface area (Å²) < 4.78 is 5.28. The van der Waals surface area contributed by atoms with E-state index in [1.165, 1.54) is 45.3 Å². The van der Waals surface area contributed by atoms with Gasteiger partial charge in [-0.05, 0) is 38.3 Å². The van der Waals surface area contributed by atoms with E-state index in [9.17, 15) is 0 Å². The predicted octanol–water partition coefficient (Wildman–Crippen LogP) is 1.65. The summed E-state index contributed by atoms with van der Waals surface area (Å²) in [5, 5.41) is 3.57. The van der Waals surface area contributed by atoms with Gasteiger partial charge in [0.15, 0.2) is 5.96 Å². The van der Waals surface area contributed by atoms with Crippen LogP contribution in [0.25, 0.3) is 0 Å². The number of aliphatic imine (C=N–C) groups is 1. The second-order valence-electron chi connectivity index (χ2n) is 6.95.